The SMILES string of the molecule is CCOC(=O)C1CC=C(c2cc3c(N[C@H](C)c4cccc(C)c4)nc(C)nc3cc2OC)CC1. The van der Waals surface area contributed by atoms with Crippen LogP contribution in [0.5, 0.6) is 5.75 Å². The van der Waals surface area contributed by atoms with Crippen molar-refractivity contribution in [3.05, 3.63) is 65.0 Å². The van der Waals surface area contributed by atoms with E-state index in [0.717, 1.165) is 40.9 Å². The van der Waals surface area contributed by atoms with Crippen molar-refractivity contribution in [1.29, 1.82) is 0 Å². The summed E-state index contributed by atoms with van der Waals surface area (Å²) < 4.78 is 11.0. The van der Waals surface area contributed by atoms with E-state index in [2.05, 4.69) is 60.6 Å². The zero-order valence-corrected chi connectivity index (χ0v) is 20.6. The quantitative estimate of drug-likeness (QED) is 0.426. The van der Waals surface area contributed by atoms with Crippen LogP contribution in [0.2, 0.25) is 0 Å². The van der Waals surface area contributed by atoms with Gasteiger partial charge < -0.3 is 14.8 Å². The summed E-state index contributed by atoms with van der Waals surface area (Å²) in [6.07, 6.45) is 4.38. The Labute approximate surface area is 201 Å². The fraction of sp³-hybridized carbons (Fsp3) is 0.393. The second kappa shape index (κ2) is 10.2. The van der Waals surface area contributed by atoms with E-state index in [1.807, 2.05) is 19.9 Å². The van der Waals surface area contributed by atoms with Crippen LogP contribution >= 0.6 is 0 Å². The Hall–Kier alpha value is -3.41. The number of nitrogens with zero attached hydrogens (tertiary/aromatic N) is 2. The number of aryl methyl sites for hydroxylation is 2. The maximum Gasteiger partial charge on any atom is 0.309 e. The van der Waals surface area contributed by atoms with Gasteiger partial charge in [-0.15, -0.1) is 0 Å². The second-order valence-corrected chi connectivity index (χ2v) is 8.92. The van der Waals surface area contributed by atoms with E-state index in [0.29, 0.717) is 18.9 Å². The molecule has 1 aliphatic rings. The summed E-state index contributed by atoms with van der Waals surface area (Å²) in [4.78, 5) is 21.6. The summed E-state index contributed by atoms with van der Waals surface area (Å²) in [5.74, 6) is 2.11. The van der Waals surface area contributed by atoms with Gasteiger partial charge in [-0.3, -0.25) is 4.79 Å². The summed E-state index contributed by atoms with van der Waals surface area (Å²) in [6.45, 7) is 8.41. The molecular formula is C28H33N3O3. The topological polar surface area (TPSA) is 73.3 Å². The normalized spacial score (nSPS) is 16.6. The maximum absolute atomic E-state index is 12.2. The summed E-state index contributed by atoms with van der Waals surface area (Å²) in [5, 5.41) is 4.55. The Morgan fingerprint density at radius 2 is 2.03 bits per heavy atom. The molecule has 0 aliphatic heterocycles. The average Bonchev–Trinajstić information content (AvgIpc) is 2.83. The summed E-state index contributed by atoms with van der Waals surface area (Å²) in [5.41, 5.74) is 5.48. The number of aromatic nitrogens is 2. The zero-order chi connectivity index (χ0) is 24.2. The van der Waals surface area contributed by atoms with Crippen molar-refractivity contribution >= 4 is 28.3 Å². The molecule has 1 heterocycles. The largest absolute Gasteiger partial charge is 0.496 e. The van der Waals surface area contributed by atoms with E-state index < -0.39 is 0 Å². The molecule has 3 aromatic rings. The van der Waals surface area contributed by atoms with Gasteiger partial charge in [-0.25, -0.2) is 9.97 Å². The molecule has 0 saturated carbocycles. The minimum atomic E-state index is -0.108. The zero-order valence-electron chi connectivity index (χ0n) is 20.6. The van der Waals surface area contributed by atoms with Gasteiger partial charge in [-0.1, -0.05) is 35.9 Å². The monoisotopic (exact) mass is 459 g/mol. The molecule has 4 rings (SSSR count). The number of esters is 1. The predicted octanol–water partition coefficient (Wildman–Crippen LogP) is 6.17. The molecule has 6 nitrogen and oxygen atoms in total. The molecule has 1 aromatic heterocycles. The Balaban J connectivity index is 1.70. The summed E-state index contributed by atoms with van der Waals surface area (Å²) in [6, 6.07) is 12.7. The van der Waals surface area contributed by atoms with E-state index in [-0.39, 0.29) is 17.9 Å². The molecule has 2 atom stereocenters. The van der Waals surface area contributed by atoms with Crippen molar-refractivity contribution in [3.63, 3.8) is 0 Å². The second-order valence-electron chi connectivity index (χ2n) is 8.92. The number of carbonyl (C=O) groups is 1. The van der Waals surface area contributed by atoms with Gasteiger partial charge in [-0.05, 0) is 64.2 Å². The number of nitrogens with one attached hydrogen (secondary N) is 1. The predicted molar refractivity (Wildman–Crippen MR) is 136 cm³/mol. The van der Waals surface area contributed by atoms with Gasteiger partial charge in [-0.2, -0.15) is 0 Å². The van der Waals surface area contributed by atoms with E-state index in [9.17, 15) is 4.79 Å². The molecule has 0 bridgehead atoms. The number of hydrogen-bond acceptors (Lipinski definition) is 6. The molecule has 0 spiro atoms. The van der Waals surface area contributed by atoms with Crippen LogP contribution in [0.4, 0.5) is 5.82 Å². The number of benzene rings is 2. The third kappa shape index (κ3) is 5.06. The molecule has 34 heavy (non-hydrogen) atoms. The molecule has 0 amide bonds. The van der Waals surface area contributed by atoms with Gasteiger partial charge in [0.15, 0.2) is 0 Å². The smallest absolute Gasteiger partial charge is 0.309 e. The molecule has 1 aliphatic carbocycles. The van der Waals surface area contributed by atoms with Crippen LogP contribution in [0.15, 0.2) is 42.5 Å². The van der Waals surface area contributed by atoms with Gasteiger partial charge >= 0.3 is 5.97 Å². The van der Waals surface area contributed by atoms with E-state index in [1.165, 1.54) is 16.7 Å². The maximum atomic E-state index is 12.2. The molecule has 2 aromatic carbocycles. The first kappa shape index (κ1) is 23.7. The van der Waals surface area contributed by atoms with Crippen molar-refractivity contribution < 1.29 is 14.3 Å². The number of carbonyl (C=O) groups excluding carboxylic acids is 1. The number of anilines is 1. The highest BCUT2D eigenvalue weighted by Crippen LogP contribution is 2.39. The van der Waals surface area contributed by atoms with Crippen LogP contribution in [-0.2, 0) is 9.53 Å². The highest BCUT2D eigenvalue weighted by Gasteiger charge is 2.25. The number of fused-ring (bicyclic) bond motifs is 1. The van der Waals surface area contributed by atoms with E-state index >= 15 is 0 Å². The lowest BCUT2D eigenvalue weighted by atomic mass is 9.86. The third-order valence-electron chi connectivity index (χ3n) is 6.40. The number of ether oxygens (including phenoxy) is 2. The van der Waals surface area contributed by atoms with Crippen LogP contribution < -0.4 is 10.1 Å². The molecule has 0 saturated heterocycles. The van der Waals surface area contributed by atoms with Crippen molar-refractivity contribution in [2.75, 3.05) is 19.0 Å². The number of allylic oxidation sites excluding steroid dienone is 2. The first-order valence-electron chi connectivity index (χ1n) is 11.9. The van der Waals surface area contributed by atoms with Crippen LogP contribution in [0.3, 0.4) is 0 Å². The molecule has 0 fully saturated rings. The molecule has 178 valence electrons. The van der Waals surface area contributed by atoms with Gasteiger partial charge in [0.1, 0.15) is 17.4 Å². The number of rotatable bonds is 7. The van der Waals surface area contributed by atoms with Crippen molar-refractivity contribution in [2.45, 2.75) is 53.0 Å². The van der Waals surface area contributed by atoms with Crippen LogP contribution in [0.25, 0.3) is 16.5 Å². The van der Waals surface area contributed by atoms with Crippen LogP contribution in [0.1, 0.15) is 61.7 Å². The summed E-state index contributed by atoms with van der Waals surface area (Å²) in [7, 11) is 1.68. The Bertz CT molecular complexity index is 1240. The standard InChI is InChI=1S/C28H33N3O3/c1-6-34-28(32)21-12-10-20(11-13-21)23-15-24-25(16-26(23)33-5)30-19(4)31-27(24)29-18(3)22-9-7-8-17(2)14-22/h7-10,14-16,18,21H,6,11-13H2,1-5H3,(H,29,30,31)/t18-,21?/m1/s1. The Kier molecular flexibility index (Phi) is 7.15. The molecule has 0 radical (unpaired) electrons. The molecule has 1 N–H and O–H groups in total. The van der Waals surface area contributed by atoms with Crippen molar-refractivity contribution in [3.8, 4) is 5.75 Å². The van der Waals surface area contributed by atoms with E-state index in [4.69, 9.17) is 14.5 Å². The van der Waals surface area contributed by atoms with Crippen LogP contribution in [-0.4, -0.2) is 29.7 Å². The highest BCUT2D eigenvalue weighted by molar-refractivity contribution is 5.94. The molecular weight excluding hydrogens is 426 g/mol. The van der Waals surface area contributed by atoms with Crippen molar-refractivity contribution in [2.24, 2.45) is 5.92 Å². The van der Waals surface area contributed by atoms with Crippen molar-refractivity contribution in [1.82, 2.24) is 9.97 Å². The summed E-state index contributed by atoms with van der Waals surface area (Å²) >= 11 is 0. The van der Waals surface area contributed by atoms with Gasteiger partial charge in [0, 0.05) is 23.1 Å². The fourth-order valence-electron chi connectivity index (χ4n) is 4.58. The average molecular weight is 460 g/mol. The van der Waals surface area contributed by atoms with Gasteiger partial charge in [0.25, 0.3) is 0 Å². The van der Waals surface area contributed by atoms with Gasteiger partial charge in [0.2, 0.25) is 0 Å². The van der Waals surface area contributed by atoms with Crippen LogP contribution in [0, 0.1) is 19.8 Å². The lowest BCUT2D eigenvalue weighted by Gasteiger charge is -2.23. The third-order valence-corrected chi connectivity index (χ3v) is 6.40. The first-order valence-corrected chi connectivity index (χ1v) is 11.9. The number of methoxy groups -OCH3 is 1. The molecule has 6 heteroatoms. The number of hydrogen-bond donors (Lipinski definition) is 1. The highest BCUT2D eigenvalue weighted by atomic mass is 16.5. The van der Waals surface area contributed by atoms with Gasteiger partial charge in [0.05, 0.1) is 25.2 Å². The minimum Gasteiger partial charge on any atom is -0.496 e. The fourth-order valence-corrected chi connectivity index (χ4v) is 4.58. The lowest BCUT2D eigenvalue weighted by molar-refractivity contribution is -0.148. The Morgan fingerprint density at radius 3 is 2.71 bits per heavy atom. The first-order chi connectivity index (χ1) is 16.4. The lowest BCUT2D eigenvalue weighted by Crippen LogP contribution is -2.19. The minimum absolute atomic E-state index is 0.0754. The Morgan fingerprint density at radius 1 is 1.21 bits per heavy atom. The molecule has 1 unspecified atom stereocenters. The van der Waals surface area contributed by atoms with E-state index in [1.54, 1.807) is 7.11 Å².